The second-order valence-electron chi connectivity index (χ2n) is 7.50. The van der Waals surface area contributed by atoms with Gasteiger partial charge < -0.3 is 5.32 Å². The van der Waals surface area contributed by atoms with E-state index in [2.05, 4.69) is 15.5 Å². The highest BCUT2D eigenvalue weighted by molar-refractivity contribution is 7.99. The summed E-state index contributed by atoms with van der Waals surface area (Å²) in [5, 5.41) is 12.6. The lowest BCUT2D eigenvalue weighted by molar-refractivity contribution is -0.137. The fourth-order valence-corrected chi connectivity index (χ4v) is 4.26. The molecule has 0 saturated heterocycles. The number of nitrogens with zero attached hydrogens (tertiary/aromatic N) is 3. The zero-order chi connectivity index (χ0) is 25.2. The summed E-state index contributed by atoms with van der Waals surface area (Å²) >= 11 is 13.4. The molecule has 0 aliphatic rings. The molecule has 1 N–H and O–H groups in total. The highest BCUT2D eigenvalue weighted by Crippen LogP contribution is 2.32. The second-order valence-corrected chi connectivity index (χ2v) is 9.28. The van der Waals surface area contributed by atoms with Crippen molar-refractivity contribution in [1.82, 2.24) is 14.8 Å². The van der Waals surface area contributed by atoms with Crippen molar-refractivity contribution in [3.05, 3.63) is 87.9 Å². The van der Waals surface area contributed by atoms with E-state index in [1.807, 2.05) is 19.1 Å². The van der Waals surface area contributed by atoms with Gasteiger partial charge in [-0.3, -0.25) is 9.36 Å². The maximum atomic E-state index is 12.9. The van der Waals surface area contributed by atoms with E-state index in [4.69, 9.17) is 23.2 Å². The number of hydrogen-bond acceptors (Lipinski definition) is 4. The quantitative estimate of drug-likeness (QED) is 0.262. The first-order chi connectivity index (χ1) is 16.6. The average Bonchev–Trinajstić information content (AvgIpc) is 3.23. The summed E-state index contributed by atoms with van der Waals surface area (Å²) in [6, 6.07) is 17.0. The Hall–Kier alpha value is -3.01. The van der Waals surface area contributed by atoms with Gasteiger partial charge >= 0.3 is 6.18 Å². The molecule has 0 aliphatic carbocycles. The number of alkyl halides is 3. The third kappa shape index (κ3) is 5.98. The molecule has 0 radical (unpaired) electrons. The van der Waals surface area contributed by atoms with Crippen LogP contribution < -0.4 is 5.32 Å². The average molecular weight is 537 g/mol. The summed E-state index contributed by atoms with van der Waals surface area (Å²) in [4.78, 5) is 12.5. The molecule has 11 heteroatoms. The summed E-state index contributed by atoms with van der Waals surface area (Å²) in [5.41, 5.74) is 1.55. The van der Waals surface area contributed by atoms with E-state index in [1.165, 1.54) is 12.1 Å². The predicted octanol–water partition coefficient (Wildman–Crippen LogP) is 7.30. The van der Waals surface area contributed by atoms with Crippen molar-refractivity contribution in [2.45, 2.75) is 18.3 Å². The molecule has 0 bridgehead atoms. The Balaban J connectivity index is 1.59. The summed E-state index contributed by atoms with van der Waals surface area (Å²) < 4.78 is 40.6. The molecule has 1 aromatic heterocycles. The maximum Gasteiger partial charge on any atom is 0.416 e. The number of aryl methyl sites for hydroxylation is 1. The van der Waals surface area contributed by atoms with Crippen molar-refractivity contribution in [1.29, 1.82) is 0 Å². The van der Waals surface area contributed by atoms with Gasteiger partial charge in [-0.2, -0.15) is 13.2 Å². The van der Waals surface area contributed by atoms with Gasteiger partial charge in [0.15, 0.2) is 11.0 Å². The molecule has 35 heavy (non-hydrogen) atoms. The predicted molar refractivity (Wildman–Crippen MR) is 132 cm³/mol. The van der Waals surface area contributed by atoms with Gasteiger partial charge in [-0.1, -0.05) is 47.1 Å². The van der Waals surface area contributed by atoms with E-state index >= 15 is 0 Å². The lowest BCUT2D eigenvalue weighted by Crippen LogP contribution is -2.15. The molecule has 3 aromatic carbocycles. The molecule has 180 valence electrons. The van der Waals surface area contributed by atoms with E-state index in [9.17, 15) is 18.0 Å². The molecule has 1 heterocycles. The Morgan fingerprint density at radius 1 is 1.03 bits per heavy atom. The molecule has 0 atom stereocenters. The summed E-state index contributed by atoms with van der Waals surface area (Å²) in [6.07, 6.45) is -4.50. The Morgan fingerprint density at radius 2 is 1.77 bits per heavy atom. The van der Waals surface area contributed by atoms with Gasteiger partial charge in [0.25, 0.3) is 0 Å². The first-order valence-electron chi connectivity index (χ1n) is 10.2. The largest absolute Gasteiger partial charge is 0.416 e. The third-order valence-electron chi connectivity index (χ3n) is 4.96. The molecule has 4 rings (SSSR count). The number of carbonyl (C=O) groups excluding carboxylic acids is 1. The number of nitrogens with one attached hydrogen (secondary N) is 1. The van der Waals surface area contributed by atoms with Crippen LogP contribution in [0.25, 0.3) is 17.1 Å². The number of halogens is 5. The van der Waals surface area contributed by atoms with E-state index in [-0.39, 0.29) is 11.4 Å². The van der Waals surface area contributed by atoms with Crippen LogP contribution in [0.5, 0.6) is 0 Å². The lowest BCUT2D eigenvalue weighted by Gasteiger charge is -2.12. The number of thioether (sulfide) groups is 1. The van der Waals surface area contributed by atoms with Crippen molar-refractivity contribution in [2.75, 3.05) is 11.1 Å². The fraction of sp³-hybridized carbons (Fsp3) is 0.125. The molecule has 4 aromatic rings. The number of amides is 1. The zero-order valence-electron chi connectivity index (χ0n) is 18.1. The SMILES string of the molecule is Cc1ccc(-n2c(SCC(=O)Nc3cccc(C(F)(F)F)c3)nnc2-c2ccc(Cl)cc2)cc1Cl. The van der Waals surface area contributed by atoms with E-state index in [0.717, 1.165) is 35.0 Å². The molecule has 0 saturated carbocycles. The number of anilines is 1. The van der Waals surface area contributed by atoms with E-state index in [1.54, 1.807) is 34.9 Å². The van der Waals surface area contributed by atoms with Crippen LogP contribution in [-0.4, -0.2) is 26.4 Å². The van der Waals surface area contributed by atoms with Crippen molar-refractivity contribution >= 4 is 46.6 Å². The van der Waals surface area contributed by atoms with Gasteiger partial charge in [0.1, 0.15) is 0 Å². The van der Waals surface area contributed by atoms with Crippen molar-refractivity contribution in [3.63, 3.8) is 0 Å². The first kappa shape index (κ1) is 25.1. The van der Waals surface area contributed by atoms with Crippen LogP contribution in [0.3, 0.4) is 0 Å². The minimum absolute atomic E-state index is 0.0547. The Labute approximate surface area is 213 Å². The third-order valence-corrected chi connectivity index (χ3v) is 6.54. The molecular weight excluding hydrogens is 520 g/mol. The topological polar surface area (TPSA) is 59.8 Å². The van der Waals surface area contributed by atoms with Crippen LogP contribution in [0.4, 0.5) is 18.9 Å². The number of hydrogen-bond donors (Lipinski definition) is 1. The van der Waals surface area contributed by atoms with Gasteiger partial charge in [-0.25, -0.2) is 0 Å². The van der Waals surface area contributed by atoms with E-state index in [0.29, 0.717) is 26.7 Å². The van der Waals surface area contributed by atoms with Gasteiger partial charge in [0, 0.05) is 21.3 Å². The van der Waals surface area contributed by atoms with Gasteiger partial charge in [-0.05, 0) is 67.1 Å². The standard InChI is InChI=1S/C24H17Cl2F3N4OS/c1-14-5-10-19(12-20(14)26)33-22(15-6-8-17(25)9-7-15)31-32-23(33)35-13-21(34)30-18-4-2-3-16(11-18)24(27,28)29/h2-12H,13H2,1H3,(H,30,34). The molecule has 0 fully saturated rings. The summed E-state index contributed by atoms with van der Waals surface area (Å²) in [6.45, 7) is 1.88. The van der Waals surface area contributed by atoms with Crippen molar-refractivity contribution in [2.24, 2.45) is 0 Å². The Bertz CT molecular complexity index is 1370. The van der Waals surface area contributed by atoms with Crippen LogP contribution >= 0.6 is 35.0 Å². The number of carbonyl (C=O) groups is 1. The van der Waals surface area contributed by atoms with Crippen molar-refractivity contribution in [3.8, 4) is 17.1 Å². The van der Waals surface area contributed by atoms with Crippen LogP contribution in [0, 0.1) is 6.92 Å². The molecule has 5 nitrogen and oxygen atoms in total. The molecule has 0 aliphatic heterocycles. The Morgan fingerprint density at radius 3 is 2.46 bits per heavy atom. The normalized spacial score (nSPS) is 11.5. The minimum atomic E-state index is -4.50. The van der Waals surface area contributed by atoms with Gasteiger partial charge in [0.05, 0.1) is 17.0 Å². The molecule has 0 unspecified atom stereocenters. The second kappa shape index (κ2) is 10.3. The van der Waals surface area contributed by atoms with Crippen LogP contribution in [0.15, 0.2) is 71.9 Å². The zero-order valence-corrected chi connectivity index (χ0v) is 20.4. The van der Waals surface area contributed by atoms with Gasteiger partial charge in [-0.15, -0.1) is 10.2 Å². The molecule has 0 spiro atoms. The fourth-order valence-electron chi connectivity index (χ4n) is 3.20. The van der Waals surface area contributed by atoms with Crippen LogP contribution in [0.2, 0.25) is 10.0 Å². The van der Waals surface area contributed by atoms with Gasteiger partial charge in [0.2, 0.25) is 5.91 Å². The lowest BCUT2D eigenvalue weighted by atomic mass is 10.2. The minimum Gasteiger partial charge on any atom is -0.325 e. The number of aromatic nitrogens is 3. The maximum absolute atomic E-state index is 12.9. The highest BCUT2D eigenvalue weighted by atomic mass is 35.5. The summed E-state index contributed by atoms with van der Waals surface area (Å²) in [7, 11) is 0. The van der Waals surface area contributed by atoms with E-state index < -0.39 is 17.6 Å². The molecular formula is C24H17Cl2F3N4OS. The van der Waals surface area contributed by atoms with Crippen LogP contribution in [0.1, 0.15) is 11.1 Å². The number of benzene rings is 3. The molecule has 1 amide bonds. The van der Waals surface area contributed by atoms with Crippen LogP contribution in [-0.2, 0) is 11.0 Å². The first-order valence-corrected chi connectivity index (χ1v) is 11.9. The smallest absolute Gasteiger partial charge is 0.325 e. The summed E-state index contributed by atoms with van der Waals surface area (Å²) in [5.74, 6) is -0.0737. The number of rotatable bonds is 6. The monoisotopic (exact) mass is 536 g/mol. The van der Waals surface area contributed by atoms with Crippen molar-refractivity contribution < 1.29 is 18.0 Å². The highest BCUT2D eigenvalue weighted by Gasteiger charge is 2.30. The Kier molecular flexibility index (Phi) is 7.39.